The molecule has 1 amide bonds. The molecule has 0 bridgehead atoms. The van der Waals surface area contributed by atoms with Gasteiger partial charge in [0.05, 0.1) is 0 Å². The van der Waals surface area contributed by atoms with E-state index in [0.717, 1.165) is 36.6 Å². The second-order valence-corrected chi connectivity index (χ2v) is 5.29. The number of pyridine rings is 1. The number of carbonyl (C=O) groups excluding carboxylic acids is 1. The Hall–Kier alpha value is -1.69. The summed E-state index contributed by atoms with van der Waals surface area (Å²) in [6.45, 7) is 5.11. The number of rotatable bonds is 3. The summed E-state index contributed by atoms with van der Waals surface area (Å²) in [6, 6.07) is 3.98. The number of carbonyl (C=O) groups is 1. The van der Waals surface area contributed by atoms with Crippen LogP contribution in [0.1, 0.15) is 24.6 Å². The third kappa shape index (κ3) is 3.41. The number of thiocarbonyl (C=S) groups is 1. The molecule has 1 fully saturated rings. The number of nitrogens with zero attached hydrogens (tertiary/aromatic N) is 2. The maximum Gasteiger partial charge on any atom is 0.217 e. The third-order valence-corrected chi connectivity index (χ3v) is 3.38. The van der Waals surface area contributed by atoms with Gasteiger partial charge in [-0.2, -0.15) is 0 Å². The highest BCUT2D eigenvalue weighted by molar-refractivity contribution is 7.80. The molecule has 0 aromatic carbocycles. The monoisotopic (exact) mass is 278 g/mol. The number of hydrogen-bond acceptors (Lipinski definition) is 4. The van der Waals surface area contributed by atoms with Crippen LogP contribution in [-0.4, -0.2) is 35.0 Å². The van der Waals surface area contributed by atoms with E-state index < -0.39 is 0 Å². The smallest absolute Gasteiger partial charge is 0.217 e. The van der Waals surface area contributed by atoms with E-state index >= 15 is 0 Å². The average molecular weight is 278 g/mol. The number of aromatic nitrogens is 1. The first kappa shape index (κ1) is 13.7. The summed E-state index contributed by atoms with van der Waals surface area (Å²) >= 11 is 5.01. The summed E-state index contributed by atoms with van der Waals surface area (Å²) < 4.78 is 0. The van der Waals surface area contributed by atoms with Crippen molar-refractivity contribution in [1.82, 2.24) is 10.3 Å². The Bertz CT molecular complexity index is 517. The second-order valence-electron chi connectivity index (χ2n) is 4.85. The van der Waals surface area contributed by atoms with Crippen molar-refractivity contribution in [2.45, 2.75) is 26.3 Å². The number of amides is 1. The van der Waals surface area contributed by atoms with Crippen LogP contribution in [0.5, 0.6) is 0 Å². The molecule has 0 radical (unpaired) electrons. The van der Waals surface area contributed by atoms with Crippen LogP contribution in [0.3, 0.4) is 0 Å². The third-order valence-electron chi connectivity index (χ3n) is 3.14. The summed E-state index contributed by atoms with van der Waals surface area (Å²) in [4.78, 5) is 18.1. The summed E-state index contributed by atoms with van der Waals surface area (Å²) in [5, 5.41) is 2.93. The highest BCUT2D eigenvalue weighted by atomic mass is 32.1. The molecular weight excluding hydrogens is 260 g/mol. The predicted octanol–water partition coefficient (Wildman–Crippen LogP) is 0.739. The van der Waals surface area contributed by atoms with Crippen molar-refractivity contribution in [3.8, 4) is 0 Å². The van der Waals surface area contributed by atoms with Crippen LogP contribution in [-0.2, 0) is 4.79 Å². The molecular formula is C13H18N4OS. The Labute approximate surface area is 118 Å². The zero-order valence-corrected chi connectivity index (χ0v) is 12.0. The number of anilines is 1. The Kier molecular flexibility index (Phi) is 3.99. The van der Waals surface area contributed by atoms with Gasteiger partial charge >= 0.3 is 0 Å². The van der Waals surface area contributed by atoms with Crippen molar-refractivity contribution in [3.05, 3.63) is 23.4 Å². The zero-order valence-electron chi connectivity index (χ0n) is 11.1. The molecule has 102 valence electrons. The molecule has 1 saturated heterocycles. The van der Waals surface area contributed by atoms with Crippen molar-refractivity contribution in [2.24, 2.45) is 5.73 Å². The van der Waals surface area contributed by atoms with Gasteiger partial charge in [0.1, 0.15) is 10.8 Å². The lowest BCUT2D eigenvalue weighted by Gasteiger charge is -2.19. The molecule has 1 atom stereocenters. The van der Waals surface area contributed by atoms with Gasteiger partial charge in [-0.3, -0.25) is 4.79 Å². The van der Waals surface area contributed by atoms with Crippen LogP contribution in [0.4, 0.5) is 5.82 Å². The van der Waals surface area contributed by atoms with E-state index in [2.05, 4.69) is 15.2 Å². The molecule has 1 unspecified atom stereocenters. The lowest BCUT2D eigenvalue weighted by Crippen LogP contribution is -2.35. The Morgan fingerprint density at radius 2 is 2.32 bits per heavy atom. The van der Waals surface area contributed by atoms with Gasteiger partial charge in [-0.1, -0.05) is 12.2 Å². The second kappa shape index (κ2) is 5.52. The lowest BCUT2D eigenvalue weighted by molar-refractivity contribution is -0.119. The maximum absolute atomic E-state index is 11.1. The molecule has 2 rings (SSSR count). The zero-order chi connectivity index (χ0) is 14.0. The molecule has 6 heteroatoms. The lowest BCUT2D eigenvalue weighted by atomic mass is 10.2. The van der Waals surface area contributed by atoms with E-state index in [1.165, 1.54) is 0 Å². The highest BCUT2D eigenvalue weighted by Gasteiger charge is 2.24. The van der Waals surface area contributed by atoms with E-state index in [4.69, 9.17) is 18.0 Å². The van der Waals surface area contributed by atoms with Crippen LogP contribution >= 0.6 is 12.2 Å². The van der Waals surface area contributed by atoms with Crippen LogP contribution in [0.25, 0.3) is 0 Å². The van der Waals surface area contributed by atoms with Crippen LogP contribution in [0.2, 0.25) is 0 Å². The topological polar surface area (TPSA) is 71.2 Å². The minimum Gasteiger partial charge on any atom is -0.389 e. The van der Waals surface area contributed by atoms with Crippen LogP contribution in [0.15, 0.2) is 12.1 Å². The van der Waals surface area contributed by atoms with Gasteiger partial charge in [-0.05, 0) is 25.5 Å². The average Bonchev–Trinajstić information content (AvgIpc) is 2.75. The molecule has 1 aromatic rings. The molecule has 2 heterocycles. The normalized spacial score (nSPS) is 18.4. The van der Waals surface area contributed by atoms with Gasteiger partial charge in [0.2, 0.25) is 5.91 Å². The number of nitrogens with one attached hydrogen (secondary N) is 1. The fraction of sp³-hybridized carbons (Fsp3) is 0.462. The first-order valence-electron chi connectivity index (χ1n) is 6.26. The van der Waals surface area contributed by atoms with Crippen LogP contribution < -0.4 is 16.0 Å². The predicted molar refractivity (Wildman–Crippen MR) is 79.3 cm³/mol. The van der Waals surface area contributed by atoms with E-state index in [0.29, 0.717) is 4.99 Å². The van der Waals surface area contributed by atoms with Crippen molar-refractivity contribution in [1.29, 1.82) is 0 Å². The minimum absolute atomic E-state index is 0.00729. The summed E-state index contributed by atoms with van der Waals surface area (Å²) in [7, 11) is 0. The molecule has 1 aliphatic heterocycles. The van der Waals surface area contributed by atoms with Crippen molar-refractivity contribution in [2.75, 3.05) is 18.0 Å². The Morgan fingerprint density at radius 3 is 2.95 bits per heavy atom. The van der Waals surface area contributed by atoms with E-state index in [-0.39, 0.29) is 11.9 Å². The minimum atomic E-state index is 0.00729. The molecule has 3 N–H and O–H groups in total. The molecule has 19 heavy (non-hydrogen) atoms. The van der Waals surface area contributed by atoms with Crippen molar-refractivity contribution < 1.29 is 4.79 Å². The first-order chi connectivity index (χ1) is 8.95. The van der Waals surface area contributed by atoms with E-state index in [1.54, 1.807) is 6.92 Å². The van der Waals surface area contributed by atoms with Gasteiger partial charge in [0, 0.05) is 37.3 Å². The molecule has 0 spiro atoms. The molecule has 0 aliphatic carbocycles. The quantitative estimate of drug-likeness (QED) is 0.798. The highest BCUT2D eigenvalue weighted by Crippen LogP contribution is 2.20. The van der Waals surface area contributed by atoms with Gasteiger partial charge in [-0.15, -0.1) is 0 Å². The molecule has 0 saturated carbocycles. The molecule has 1 aliphatic rings. The van der Waals surface area contributed by atoms with E-state index in [1.807, 2.05) is 19.1 Å². The van der Waals surface area contributed by atoms with Gasteiger partial charge < -0.3 is 16.0 Å². The summed E-state index contributed by atoms with van der Waals surface area (Å²) in [6.07, 6.45) is 0.928. The van der Waals surface area contributed by atoms with E-state index in [9.17, 15) is 4.79 Å². The number of nitrogens with two attached hydrogens (primary N) is 1. The van der Waals surface area contributed by atoms with Crippen molar-refractivity contribution >= 4 is 28.9 Å². The van der Waals surface area contributed by atoms with Crippen LogP contribution in [0, 0.1) is 6.92 Å². The first-order valence-corrected chi connectivity index (χ1v) is 6.67. The SMILES string of the molecule is CC(=O)NC1CCN(c2cc(C(N)=S)cc(C)n2)C1. The number of aryl methyl sites for hydroxylation is 1. The summed E-state index contributed by atoms with van der Waals surface area (Å²) in [5.41, 5.74) is 7.40. The largest absolute Gasteiger partial charge is 0.389 e. The fourth-order valence-electron chi connectivity index (χ4n) is 2.33. The summed E-state index contributed by atoms with van der Waals surface area (Å²) in [5.74, 6) is 0.878. The number of hydrogen-bond donors (Lipinski definition) is 2. The Morgan fingerprint density at radius 1 is 1.58 bits per heavy atom. The molecule has 1 aromatic heterocycles. The molecule has 5 nitrogen and oxygen atoms in total. The maximum atomic E-state index is 11.1. The fourth-order valence-corrected chi connectivity index (χ4v) is 2.45. The van der Waals surface area contributed by atoms with Gasteiger partial charge in [-0.25, -0.2) is 4.98 Å². The van der Waals surface area contributed by atoms with Gasteiger partial charge in [0.15, 0.2) is 0 Å². The van der Waals surface area contributed by atoms with Gasteiger partial charge in [0.25, 0.3) is 0 Å². The Balaban J connectivity index is 2.15. The van der Waals surface area contributed by atoms with Crippen molar-refractivity contribution in [3.63, 3.8) is 0 Å². The standard InChI is InChI=1S/C13H18N4OS/c1-8-5-10(13(14)19)6-12(15-8)17-4-3-11(7-17)16-9(2)18/h5-6,11H,3-4,7H2,1-2H3,(H2,14,19)(H,16,18).